The fourth-order valence-corrected chi connectivity index (χ4v) is 1.86. The van der Waals surface area contributed by atoms with Crippen molar-refractivity contribution in [2.45, 2.75) is 6.54 Å². The molecule has 2 aromatic rings. The number of aromatic amines is 1. The summed E-state index contributed by atoms with van der Waals surface area (Å²) in [5.74, 6) is 0. The second-order valence-corrected chi connectivity index (χ2v) is 4.56. The molecule has 2 rings (SSSR count). The SMILES string of the molecule is CN(C)Cc1ccc(-c2ccc(Cl)[nH]2)cc1. The van der Waals surface area contributed by atoms with E-state index in [1.165, 1.54) is 5.56 Å². The summed E-state index contributed by atoms with van der Waals surface area (Å²) in [4.78, 5) is 5.26. The molecular weight excluding hydrogens is 220 g/mol. The first-order valence-electron chi connectivity index (χ1n) is 5.24. The van der Waals surface area contributed by atoms with Gasteiger partial charge in [-0.2, -0.15) is 0 Å². The number of H-pyrrole nitrogens is 1. The van der Waals surface area contributed by atoms with Crippen molar-refractivity contribution in [3.63, 3.8) is 0 Å². The summed E-state index contributed by atoms with van der Waals surface area (Å²) in [6.45, 7) is 0.964. The topological polar surface area (TPSA) is 19.0 Å². The zero-order chi connectivity index (χ0) is 11.5. The van der Waals surface area contributed by atoms with E-state index < -0.39 is 0 Å². The van der Waals surface area contributed by atoms with Crippen LogP contribution in [-0.2, 0) is 6.54 Å². The van der Waals surface area contributed by atoms with Crippen LogP contribution in [0, 0.1) is 0 Å². The first kappa shape index (κ1) is 11.2. The highest BCUT2D eigenvalue weighted by Crippen LogP contribution is 2.21. The third-order valence-electron chi connectivity index (χ3n) is 2.41. The quantitative estimate of drug-likeness (QED) is 0.863. The van der Waals surface area contributed by atoms with Crippen molar-refractivity contribution in [3.8, 4) is 11.3 Å². The van der Waals surface area contributed by atoms with E-state index in [2.05, 4.69) is 48.2 Å². The highest BCUT2D eigenvalue weighted by molar-refractivity contribution is 6.29. The highest BCUT2D eigenvalue weighted by Gasteiger charge is 2.01. The first-order chi connectivity index (χ1) is 7.65. The molecule has 2 nitrogen and oxygen atoms in total. The predicted molar refractivity (Wildman–Crippen MR) is 68.6 cm³/mol. The minimum Gasteiger partial charge on any atom is -0.346 e. The molecule has 1 heterocycles. The molecule has 1 N–H and O–H groups in total. The molecule has 0 saturated heterocycles. The first-order valence-corrected chi connectivity index (χ1v) is 5.61. The third kappa shape index (κ3) is 2.65. The fraction of sp³-hybridized carbons (Fsp3) is 0.231. The summed E-state index contributed by atoms with van der Waals surface area (Å²) in [5, 5.41) is 0.673. The monoisotopic (exact) mass is 234 g/mol. The van der Waals surface area contributed by atoms with Gasteiger partial charge in [0.05, 0.1) is 0 Å². The molecular formula is C13H15ClN2. The molecule has 0 aliphatic carbocycles. The summed E-state index contributed by atoms with van der Waals surface area (Å²) in [5.41, 5.74) is 3.53. The van der Waals surface area contributed by atoms with E-state index in [-0.39, 0.29) is 0 Å². The van der Waals surface area contributed by atoms with E-state index >= 15 is 0 Å². The van der Waals surface area contributed by atoms with Crippen LogP contribution in [-0.4, -0.2) is 24.0 Å². The number of aromatic nitrogens is 1. The van der Waals surface area contributed by atoms with Crippen LogP contribution in [0.4, 0.5) is 0 Å². The van der Waals surface area contributed by atoms with Gasteiger partial charge in [-0.15, -0.1) is 0 Å². The van der Waals surface area contributed by atoms with Gasteiger partial charge in [0.25, 0.3) is 0 Å². The molecule has 0 spiro atoms. The minimum atomic E-state index is 0.673. The number of benzene rings is 1. The van der Waals surface area contributed by atoms with Crippen molar-refractivity contribution in [3.05, 3.63) is 47.1 Å². The summed E-state index contributed by atoms with van der Waals surface area (Å²) < 4.78 is 0. The molecule has 1 aromatic heterocycles. The molecule has 0 aliphatic heterocycles. The van der Waals surface area contributed by atoms with Gasteiger partial charge in [0.1, 0.15) is 5.15 Å². The molecule has 0 bridgehead atoms. The largest absolute Gasteiger partial charge is 0.346 e. The molecule has 0 atom stereocenters. The highest BCUT2D eigenvalue weighted by atomic mass is 35.5. The third-order valence-corrected chi connectivity index (χ3v) is 2.63. The number of nitrogens with zero attached hydrogens (tertiary/aromatic N) is 1. The van der Waals surface area contributed by atoms with Gasteiger partial charge in [-0.3, -0.25) is 0 Å². The maximum atomic E-state index is 5.85. The number of halogens is 1. The number of nitrogens with one attached hydrogen (secondary N) is 1. The lowest BCUT2D eigenvalue weighted by atomic mass is 10.1. The molecule has 3 heteroatoms. The van der Waals surface area contributed by atoms with Crippen LogP contribution < -0.4 is 0 Å². The zero-order valence-corrected chi connectivity index (χ0v) is 10.3. The van der Waals surface area contributed by atoms with Gasteiger partial charge < -0.3 is 9.88 Å². The second kappa shape index (κ2) is 4.73. The van der Waals surface area contributed by atoms with E-state index in [1.807, 2.05) is 12.1 Å². The molecule has 84 valence electrons. The normalized spacial score (nSPS) is 11.0. The van der Waals surface area contributed by atoms with Crippen LogP contribution in [0.2, 0.25) is 5.15 Å². The second-order valence-electron chi connectivity index (χ2n) is 4.15. The van der Waals surface area contributed by atoms with Crippen molar-refractivity contribution in [1.29, 1.82) is 0 Å². The van der Waals surface area contributed by atoms with Crippen molar-refractivity contribution in [2.75, 3.05) is 14.1 Å². The zero-order valence-electron chi connectivity index (χ0n) is 9.50. The van der Waals surface area contributed by atoms with Gasteiger partial charge in [0.2, 0.25) is 0 Å². The number of hydrogen-bond donors (Lipinski definition) is 1. The van der Waals surface area contributed by atoms with Crippen LogP contribution in [0.1, 0.15) is 5.56 Å². The summed E-state index contributed by atoms with van der Waals surface area (Å²) in [6, 6.07) is 12.4. The molecule has 0 aliphatic rings. The lowest BCUT2D eigenvalue weighted by Gasteiger charge is -2.09. The van der Waals surface area contributed by atoms with Crippen LogP contribution in [0.5, 0.6) is 0 Å². The summed E-state index contributed by atoms with van der Waals surface area (Å²) in [7, 11) is 4.14. The standard InChI is InChI=1S/C13H15ClN2/c1-16(2)9-10-3-5-11(6-4-10)12-7-8-13(14)15-12/h3-8,15H,9H2,1-2H3. The molecule has 0 saturated carbocycles. The molecule has 0 radical (unpaired) electrons. The predicted octanol–water partition coefficient (Wildman–Crippen LogP) is 3.40. The van der Waals surface area contributed by atoms with Gasteiger partial charge in [-0.1, -0.05) is 35.9 Å². The Morgan fingerprint density at radius 2 is 1.75 bits per heavy atom. The average molecular weight is 235 g/mol. The van der Waals surface area contributed by atoms with E-state index in [0.29, 0.717) is 5.15 Å². The van der Waals surface area contributed by atoms with Gasteiger partial charge in [-0.25, -0.2) is 0 Å². The minimum absolute atomic E-state index is 0.673. The van der Waals surface area contributed by atoms with Crippen molar-refractivity contribution in [2.24, 2.45) is 0 Å². The summed E-state index contributed by atoms with van der Waals surface area (Å²) in [6.07, 6.45) is 0. The molecule has 1 aromatic carbocycles. The maximum absolute atomic E-state index is 5.85. The van der Waals surface area contributed by atoms with E-state index in [0.717, 1.165) is 17.8 Å². The van der Waals surface area contributed by atoms with Crippen LogP contribution in [0.25, 0.3) is 11.3 Å². The fourth-order valence-electron chi connectivity index (χ4n) is 1.69. The van der Waals surface area contributed by atoms with E-state index in [9.17, 15) is 0 Å². The molecule has 0 fully saturated rings. The molecule has 0 amide bonds. The van der Waals surface area contributed by atoms with Crippen molar-refractivity contribution >= 4 is 11.6 Å². The van der Waals surface area contributed by atoms with Crippen LogP contribution >= 0.6 is 11.6 Å². The van der Waals surface area contributed by atoms with Crippen molar-refractivity contribution in [1.82, 2.24) is 9.88 Å². The Labute approximate surface area is 101 Å². The van der Waals surface area contributed by atoms with Crippen LogP contribution in [0.15, 0.2) is 36.4 Å². The Kier molecular flexibility index (Phi) is 3.32. The Balaban J connectivity index is 2.19. The lowest BCUT2D eigenvalue weighted by molar-refractivity contribution is 0.402. The van der Waals surface area contributed by atoms with Gasteiger partial charge in [0.15, 0.2) is 0 Å². The van der Waals surface area contributed by atoms with Gasteiger partial charge in [0, 0.05) is 12.2 Å². The van der Waals surface area contributed by atoms with Gasteiger partial charge >= 0.3 is 0 Å². The van der Waals surface area contributed by atoms with E-state index in [4.69, 9.17) is 11.6 Å². The van der Waals surface area contributed by atoms with Crippen molar-refractivity contribution < 1.29 is 0 Å². The Morgan fingerprint density at radius 1 is 1.06 bits per heavy atom. The summed E-state index contributed by atoms with van der Waals surface area (Å²) >= 11 is 5.85. The maximum Gasteiger partial charge on any atom is 0.106 e. The number of hydrogen-bond acceptors (Lipinski definition) is 1. The Morgan fingerprint density at radius 3 is 2.25 bits per heavy atom. The van der Waals surface area contributed by atoms with Gasteiger partial charge in [-0.05, 0) is 37.4 Å². The average Bonchev–Trinajstić information content (AvgIpc) is 2.65. The smallest absolute Gasteiger partial charge is 0.106 e. The lowest BCUT2D eigenvalue weighted by Crippen LogP contribution is -2.10. The van der Waals surface area contributed by atoms with Crippen LogP contribution in [0.3, 0.4) is 0 Å². The molecule has 0 unspecified atom stereocenters. The number of rotatable bonds is 3. The Hall–Kier alpha value is -1.25. The van der Waals surface area contributed by atoms with E-state index in [1.54, 1.807) is 0 Å². The Bertz CT molecular complexity index is 457. The molecule has 16 heavy (non-hydrogen) atoms.